The minimum atomic E-state index is -5.01. The van der Waals surface area contributed by atoms with Gasteiger partial charge in [-0.15, -0.1) is 32.9 Å². The number of aromatic nitrogens is 8. The number of nitrogens with zero attached hydrogens (tertiary/aromatic N) is 13. The Morgan fingerprint density at radius 3 is 1.42 bits per heavy atom. The highest BCUT2D eigenvalue weighted by atomic mass is 32.2. The van der Waals surface area contributed by atoms with Crippen LogP contribution >= 0.6 is 22.7 Å². The molecule has 0 aromatic carbocycles. The van der Waals surface area contributed by atoms with Gasteiger partial charge in [-0.25, -0.2) is 37.8 Å². The summed E-state index contributed by atoms with van der Waals surface area (Å²) in [7, 11) is -9.97. The molecule has 396 valence electrons. The predicted octanol–water partition coefficient (Wildman–Crippen LogP) is -5.57. The van der Waals surface area contributed by atoms with Crippen LogP contribution in [0.2, 0.25) is 0 Å². The van der Waals surface area contributed by atoms with E-state index in [9.17, 15) is 64.9 Å². The van der Waals surface area contributed by atoms with E-state index < -0.39 is 103 Å². The van der Waals surface area contributed by atoms with Crippen LogP contribution in [0.1, 0.15) is 50.5 Å². The molecule has 0 unspecified atom stereocenters. The van der Waals surface area contributed by atoms with Gasteiger partial charge in [0.05, 0.1) is 43.6 Å². The number of carbonyl (C=O) groups is 6. The summed E-state index contributed by atoms with van der Waals surface area (Å²) < 4.78 is 68.7. The van der Waals surface area contributed by atoms with Gasteiger partial charge in [-0.1, -0.05) is 20.7 Å². The standard InChI is InChI=1S/C17H23N11O8S2.C16H21N9O8S2/c1-17(2,14(31)32)36-25-10(8-6-37-16(20)22-8)12(29)23-11-9(28(13(11)30)38(33,34)35)5-27-4-7(24-26-27)3-21-15(18)19;1-16(2,14(28)29)33-22-10(8-6-34-15(18)19-8)12(26)20-11-9(25(13(11)27)35(30,31)32)5-24-4-7(3-17)21-23-24/h4,6,9,11H,3,5H2,1-2H3,(H2,20,22)(H,23,29)(H,31,32)(H4,18,19,21)(H,33,34,35);4,6,9,11H,3,5,17H2,1-2H3,(H2,18,19)(H,20,26)(H,28,29)(H,30,31,32)/b25-10-;22-10-/t2*9-,11+/m11/s1. The Morgan fingerprint density at radius 1 is 0.726 bits per heavy atom. The molecule has 0 saturated carbocycles. The highest BCUT2D eigenvalue weighted by molar-refractivity contribution is 7.84. The summed E-state index contributed by atoms with van der Waals surface area (Å²) in [5.41, 5.74) is 23.0. The van der Waals surface area contributed by atoms with Crippen molar-refractivity contribution >= 4 is 106 Å². The van der Waals surface area contributed by atoms with E-state index in [0.717, 1.165) is 27.4 Å². The predicted molar refractivity (Wildman–Crippen MR) is 247 cm³/mol. The van der Waals surface area contributed by atoms with Crippen LogP contribution in [0.15, 0.2) is 38.5 Å². The van der Waals surface area contributed by atoms with Crippen molar-refractivity contribution in [3.8, 4) is 0 Å². The van der Waals surface area contributed by atoms with Crippen molar-refractivity contribution < 1.29 is 74.6 Å². The summed E-state index contributed by atoms with van der Waals surface area (Å²) in [5.74, 6) is -7.35. The van der Waals surface area contributed by atoms with Gasteiger partial charge in [0.1, 0.15) is 29.2 Å². The van der Waals surface area contributed by atoms with Crippen molar-refractivity contribution in [2.45, 2.75) is 89.2 Å². The molecule has 6 rings (SSSR count). The second-order valence-corrected chi connectivity index (χ2v) is 20.3. The lowest BCUT2D eigenvalue weighted by molar-refractivity contribution is -0.161. The van der Waals surface area contributed by atoms with Crippen LogP contribution in [0.4, 0.5) is 10.3 Å². The summed E-state index contributed by atoms with van der Waals surface area (Å²) in [6, 6.07) is -5.55. The zero-order valence-corrected chi connectivity index (χ0v) is 41.2. The zero-order chi connectivity index (χ0) is 54.5. The first-order chi connectivity index (χ1) is 33.8. The number of oxime groups is 2. The number of β-lactam (4-membered cyclic amide) rings is 2. The Bertz CT molecular complexity index is 3100. The number of aliphatic imine (C=N–C) groups is 1. The smallest absolute Gasteiger partial charge is 0.362 e. The second-order valence-electron chi connectivity index (χ2n) is 15.9. The molecule has 2 aliphatic rings. The van der Waals surface area contributed by atoms with Gasteiger partial charge >= 0.3 is 32.5 Å². The SMILES string of the molecule is CC(C)(O/N=C(\C(=O)N[C@@H]1C(=O)N(S(=O)(=O)O)[C@@H]1Cn1cc(CN)nn1)c1csc(N)n1)C(=O)O.CC(C)(O/N=C(\C(=O)N[C@@H]1C(=O)N(S(=O)(=O)O)[C@@H]1Cn1cc(CN=C(N)N)nn1)c1csc(N)n1)C(=O)O. The monoisotopic (exact) mass is 1100 g/mol. The van der Waals surface area contributed by atoms with E-state index in [1.165, 1.54) is 55.5 Å². The molecule has 4 aromatic rings. The first-order valence-corrected chi connectivity index (χ1v) is 24.6. The first kappa shape index (κ1) is 55.9. The molecule has 16 N–H and O–H groups in total. The Hall–Kier alpha value is -8.05. The third-order valence-corrected chi connectivity index (χ3v) is 12.9. The number of nitrogens with one attached hydrogen (secondary N) is 2. The molecule has 36 nitrogen and oxygen atoms in total. The number of hydrogen-bond donors (Lipinski definition) is 11. The molecule has 40 heteroatoms. The van der Waals surface area contributed by atoms with Gasteiger partial charge in [-0.3, -0.25) is 33.0 Å². The number of carbonyl (C=O) groups excluding carboxylic acids is 4. The van der Waals surface area contributed by atoms with E-state index in [1.807, 2.05) is 0 Å². The number of guanidine groups is 1. The lowest BCUT2D eigenvalue weighted by atomic mass is 9.98. The van der Waals surface area contributed by atoms with Crippen LogP contribution in [-0.2, 0) is 85.2 Å². The minimum Gasteiger partial charge on any atom is -0.478 e. The highest BCUT2D eigenvalue weighted by Crippen LogP contribution is 2.27. The number of carboxylic acid groups (broad SMARTS) is 2. The molecule has 4 atom stereocenters. The molecular weight excluding hydrogens is 1060 g/mol. The topological polar surface area (TPSA) is 555 Å². The van der Waals surface area contributed by atoms with Crippen molar-refractivity contribution in [3.05, 3.63) is 45.9 Å². The molecule has 4 amide bonds. The van der Waals surface area contributed by atoms with Crippen LogP contribution < -0.4 is 39.3 Å². The van der Waals surface area contributed by atoms with E-state index in [-0.39, 0.29) is 62.4 Å². The highest BCUT2D eigenvalue weighted by Gasteiger charge is 2.56. The Labute approximate surface area is 418 Å². The summed E-state index contributed by atoms with van der Waals surface area (Å²) in [5, 5.41) is 48.2. The van der Waals surface area contributed by atoms with Gasteiger partial charge in [0.15, 0.2) is 27.6 Å². The lowest BCUT2D eigenvalue weighted by Gasteiger charge is -2.43. The number of carboxylic acids is 2. The van der Waals surface area contributed by atoms with Crippen LogP contribution in [-0.4, -0.2) is 173 Å². The second kappa shape index (κ2) is 21.7. The first-order valence-electron chi connectivity index (χ1n) is 20.0. The number of thiazole rings is 2. The summed E-state index contributed by atoms with van der Waals surface area (Å²) in [4.78, 5) is 95.5. The quantitative estimate of drug-likeness (QED) is 0.0122. The maximum Gasteiger partial charge on any atom is 0.362 e. The van der Waals surface area contributed by atoms with Crippen molar-refractivity contribution in [1.82, 2.24) is 59.2 Å². The fraction of sp³-hybridized carbons (Fsp3) is 0.424. The van der Waals surface area contributed by atoms with Crippen LogP contribution in [0.25, 0.3) is 0 Å². The minimum absolute atomic E-state index is 0.0304. The molecule has 2 aliphatic heterocycles. The number of nitrogen functional groups attached to an aromatic ring is 2. The Morgan fingerprint density at radius 2 is 1.11 bits per heavy atom. The lowest BCUT2D eigenvalue weighted by Crippen LogP contribution is -2.73. The molecule has 73 heavy (non-hydrogen) atoms. The van der Waals surface area contributed by atoms with Crippen LogP contribution in [0.3, 0.4) is 0 Å². The normalized spacial score (nSPS) is 18.4. The molecule has 0 radical (unpaired) electrons. The largest absolute Gasteiger partial charge is 0.478 e. The summed E-state index contributed by atoms with van der Waals surface area (Å²) >= 11 is 1.90. The Kier molecular flexibility index (Phi) is 16.6. The number of aliphatic carboxylic acids is 2. The number of anilines is 2. The molecule has 4 aromatic heterocycles. The summed E-state index contributed by atoms with van der Waals surface area (Å²) in [6.07, 6.45) is 2.76. The third-order valence-electron chi connectivity index (χ3n) is 9.68. The zero-order valence-electron chi connectivity index (χ0n) is 38.0. The van der Waals surface area contributed by atoms with Gasteiger partial charge in [-0.2, -0.15) is 16.8 Å². The van der Waals surface area contributed by atoms with E-state index in [1.54, 1.807) is 0 Å². The van der Waals surface area contributed by atoms with E-state index in [2.05, 4.69) is 56.5 Å². The number of nitrogens with two attached hydrogens (primary N) is 5. The molecule has 0 bridgehead atoms. The van der Waals surface area contributed by atoms with Gasteiger partial charge in [0.2, 0.25) is 11.2 Å². The van der Waals surface area contributed by atoms with Gasteiger partial charge < -0.3 is 59.2 Å². The number of amides is 4. The fourth-order valence-corrected chi connectivity index (χ4v) is 8.72. The average molecular weight is 1110 g/mol. The molecule has 0 aliphatic carbocycles. The molecule has 2 fully saturated rings. The van der Waals surface area contributed by atoms with Crippen molar-refractivity contribution in [3.63, 3.8) is 0 Å². The molecule has 6 heterocycles. The van der Waals surface area contributed by atoms with E-state index in [4.69, 9.17) is 38.3 Å². The maximum absolute atomic E-state index is 13.1. The Balaban J connectivity index is 0.000000272. The third kappa shape index (κ3) is 13.5. The average Bonchev–Trinajstić information content (AvgIpc) is 4.12. The van der Waals surface area contributed by atoms with Crippen molar-refractivity contribution in [2.75, 3.05) is 11.5 Å². The maximum atomic E-state index is 13.1. The number of hydrogen-bond acceptors (Lipinski definition) is 26. The molecular formula is C33H44N20O16S4. The van der Waals surface area contributed by atoms with Gasteiger partial charge in [-0.05, 0) is 27.7 Å². The van der Waals surface area contributed by atoms with Gasteiger partial charge in [0, 0.05) is 23.5 Å². The van der Waals surface area contributed by atoms with Gasteiger partial charge in [0.25, 0.3) is 23.6 Å². The number of rotatable bonds is 21. The summed E-state index contributed by atoms with van der Waals surface area (Å²) in [6.45, 7) is 4.15. The fourth-order valence-electron chi connectivity index (χ4n) is 5.88. The van der Waals surface area contributed by atoms with E-state index >= 15 is 0 Å². The van der Waals surface area contributed by atoms with Crippen LogP contribution in [0.5, 0.6) is 0 Å². The van der Waals surface area contributed by atoms with Crippen molar-refractivity contribution in [1.29, 1.82) is 0 Å². The molecule has 2 saturated heterocycles. The van der Waals surface area contributed by atoms with Crippen LogP contribution in [0, 0.1) is 0 Å². The van der Waals surface area contributed by atoms with E-state index in [0.29, 0.717) is 11.4 Å². The molecule has 0 spiro atoms. The van der Waals surface area contributed by atoms with Crippen molar-refractivity contribution in [2.24, 2.45) is 32.5 Å².